The van der Waals surface area contributed by atoms with E-state index in [0.717, 1.165) is 32.7 Å². The number of hydrogen-bond donors (Lipinski definition) is 1. The number of carbonyl (C=O) groups is 3. The van der Waals surface area contributed by atoms with Crippen molar-refractivity contribution in [2.75, 3.05) is 0 Å². The number of nitrogens with one attached hydrogen (secondary N) is 1. The number of hydrogen-bond acceptors (Lipinski definition) is 3. The van der Waals surface area contributed by atoms with Crippen LogP contribution >= 0.6 is 0 Å². The van der Waals surface area contributed by atoms with Crippen molar-refractivity contribution in [2.45, 2.75) is 18.5 Å². The molecule has 0 spiro atoms. The van der Waals surface area contributed by atoms with Gasteiger partial charge >= 0.3 is 0 Å². The number of imide groups is 1. The Balaban J connectivity index is 1.38. The Morgan fingerprint density at radius 1 is 0.657 bits per heavy atom. The molecular formula is C30H22N2O3. The third-order valence-electron chi connectivity index (χ3n) is 6.83. The SMILES string of the molecule is O=C(NC1c2ccccc2-c2ccccc21)[C@H](Cc1ccccc1)N1C(=O)c2ccccc2C1=O. The highest BCUT2D eigenvalue weighted by molar-refractivity contribution is 6.22. The van der Waals surface area contributed by atoms with Gasteiger partial charge in [0.05, 0.1) is 17.2 Å². The molecule has 0 fully saturated rings. The van der Waals surface area contributed by atoms with Crippen molar-refractivity contribution in [1.29, 1.82) is 0 Å². The normalized spacial score (nSPS) is 14.9. The fourth-order valence-electron chi connectivity index (χ4n) is 5.18. The maximum absolute atomic E-state index is 13.9. The molecule has 0 unspecified atom stereocenters. The third kappa shape index (κ3) is 3.44. The van der Waals surface area contributed by atoms with Gasteiger partial charge in [0.25, 0.3) is 11.8 Å². The van der Waals surface area contributed by atoms with E-state index in [1.807, 2.05) is 78.9 Å². The van der Waals surface area contributed by atoms with E-state index in [4.69, 9.17) is 0 Å². The largest absolute Gasteiger partial charge is 0.343 e. The molecule has 1 aliphatic heterocycles. The smallest absolute Gasteiger partial charge is 0.262 e. The first-order valence-electron chi connectivity index (χ1n) is 11.6. The molecule has 4 aromatic rings. The van der Waals surface area contributed by atoms with Gasteiger partial charge in [-0.3, -0.25) is 19.3 Å². The number of carbonyl (C=O) groups excluding carboxylic acids is 3. The van der Waals surface area contributed by atoms with Crippen LogP contribution in [0.15, 0.2) is 103 Å². The minimum atomic E-state index is -0.982. The molecule has 0 bridgehead atoms. The van der Waals surface area contributed by atoms with Crippen molar-refractivity contribution in [3.8, 4) is 11.1 Å². The summed E-state index contributed by atoms with van der Waals surface area (Å²) >= 11 is 0. The fraction of sp³-hybridized carbons (Fsp3) is 0.100. The van der Waals surface area contributed by atoms with Gasteiger partial charge in [-0.2, -0.15) is 0 Å². The zero-order valence-corrected chi connectivity index (χ0v) is 18.8. The highest BCUT2D eigenvalue weighted by Gasteiger charge is 2.43. The number of rotatable bonds is 5. The zero-order valence-electron chi connectivity index (χ0n) is 18.8. The van der Waals surface area contributed by atoms with Gasteiger partial charge in [-0.25, -0.2) is 0 Å². The molecule has 1 heterocycles. The first kappa shape index (κ1) is 21.1. The summed E-state index contributed by atoms with van der Waals surface area (Å²) in [4.78, 5) is 41.6. The molecule has 5 heteroatoms. The summed E-state index contributed by atoms with van der Waals surface area (Å²) in [7, 11) is 0. The summed E-state index contributed by atoms with van der Waals surface area (Å²) in [5, 5.41) is 3.17. The van der Waals surface area contributed by atoms with Crippen LogP contribution in [-0.4, -0.2) is 28.7 Å². The maximum Gasteiger partial charge on any atom is 0.262 e. The maximum atomic E-state index is 13.9. The number of benzene rings is 4. The Bertz CT molecular complexity index is 1400. The van der Waals surface area contributed by atoms with E-state index < -0.39 is 17.9 Å². The number of nitrogens with zero attached hydrogens (tertiary/aromatic N) is 1. The second-order valence-electron chi connectivity index (χ2n) is 8.85. The molecule has 1 atom stereocenters. The summed E-state index contributed by atoms with van der Waals surface area (Å²) in [5.41, 5.74) is 5.70. The molecule has 0 aromatic heterocycles. The molecule has 35 heavy (non-hydrogen) atoms. The lowest BCUT2D eigenvalue weighted by atomic mass is 10.0. The summed E-state index contributed by atoms with van der Waals surface area (Å²) in [6.07, 6.45) is 0.230. The van der Waals surface area contributed by atoms with Crippen LogP contribution in [0, 0.1) is 0 Å². The van der Waals surface area contributed by atoms with Crippen molar-refractivity contribution in [2.24, 2.45) is 0 Å². The van der Waals surface area contributed by atoms with Crippen molar-refractivity contribution >= 4 is 17.7 Å². The number of fused-ring (bicyclic) bond motifs is 4. The van der Waals surface area contributed by atoms with E-state index in [-0.39, 0.29) is 18.4 Å². The fourth-order valence-corrected chi connectivity index (χ4v) is 5.18. The second kappa shape index (κ2) is 8.37. The molecular weight excluding hydrogens is 436 g/mol. The van der Waals surface area contributed by atoms with E-state index in [1.54, 1.807) is 24.3 Å². The summed E-state index contributed by atoms with van der Waals surface area (Å²) < 4.78 is 0. The van der Waals surface area contributed by atoms with Gasteiger partial charge in [0, 0.05) is 6.42 Å². The molecule has 1 N–H and O–H groups in total. The topological polar surface area (TPSA) is 66.5 Å². The van der Waals surface area contributed by atoms with Crippen LogP contribution in [0.4, 0.5) is 0 Å². The van der Waals surface area contributed by atoms with E-state index in [2.05, 4.69) is 5.32 Å². The van der Waals surface area contributed by atoms with Crippen LogP contribution in [0.1, 0.15) is 43.4 Å². The summed E-state index contributed by atoms with van der Waals surface area (Å²) in [6, 6.07) is 30.8. The molecule has 0 radical (unpaired) electrons. The Hall–Kier alpha value is -4.51. The lowest BCUT2D eigenvalue weighted by Gasteiger charge is -2.27. The van der Waals surface area contributed by atoms with Gasteiger partial charge < -0.3 is 5.32 Å². The summed E-state index contributed by atoms with van der Waals surface area (Å²) in [5.74, 6) is -1.23. The molecule has 0 saturated heterocycles. The standard InChI is InChI=1S/C30H22N2O3/c33-28(31-27-22-14-6-4-12-20(22)21-13-5-7-15-23(21)27)26(18-19-10-2-1-3-11-19)32-29(34)24-16-8-9-17-25(24)30(32)35/h1-17,26-27H,18H2,(H,31,33)/t26-/m0/s1. The lowest BCUT2D eigenvalue weighted by Crippen LogP contribution is -2.51. The number of amides is 3. The molecule has 6 rings (SSSR count). The predicted molar refractivity (Wildman–Crippen MR) is 133 cm³/mol. The Labute approximate surface area is 203 Å². The van der Waals surface area contributed by atoms with E-state index in [9.17, 15) is 14.4 Å². The molecule has 0 saturated carbocycles. The molecule has 5 nitrogen and oxygen atoms in total. The second-order valence-corrected chi connectivity index (χ2v) is 8.85. The van der Waals surface area contributed by atoms with Crippen molar-refractivity contribution in [3.05, 3.63) is 131 Å². The van der Waals surface area contributed by atoms with Gasteiger partial charge in [0.1, 0.15) is 6.04 Å². The van der Waals surface area contributed by atoms with Gasteiger partial charge in [-0.15, -0.1) is 0 Å². The Kier molecular flexibility index (Phi) is 5.03. The first-order valence-corrected chi connectivity index (χ1v) is 11.6. The monoisotopic (exact) mass is 458 g/mol. The van der Waals surface area contributed by atoms with Crippen molar-refractivity contribution in [3.63, 3.8) is 0 Å². The molecule has 2 aliphatic rings. The van der Waals surface area contributed by atoms with E-state index >= 15 is 0 Å². The molecule has 3 amide bonds. The minimum Gasteiger partial charge on any atom is -0.343 e. The van der Waals surface area contributed by atoms with Crippen LogP contribution in [0.3, 0.4) is 0 Å². The van der Waals surface area contributed by atoms with E-state index in [0.29, 0.717) is 11.1 Å². The summed E-state index contributed by atoms with van der Waals surface area (Å²) in [6.45, 7) is 0. The van der Waals surface area contributed by atoms with Gasteiger partial charge in [0.15, 0.2) is 0 Å². The van der Waals surface area contributed by atoms with Crippen LogP contribution < -0.4 is 5.32 Å². The van der Waals surface area contributed by atoms with Crippen LogP contribution in [0.25, 0.3) is 11.1 Å². The first-order chi connectivity index (χ1) is 17.1. The van der Waals surface area contributed by atoms with Gasteiger partial charge in [-0.05, 0) is 39.9 Å². The average molecular weight is 459 g/mol. The quantitative estimate of drug-likeness (QED) is 0.438. The van der Waals surface area contributed by atoms with Gasteiger partial charge in [0.2, 0.25) is 5.91 Å². The van der Waals surface area contributed by atoms with Crippen LogP contribution in [0.5, 0.6) is 0 Å². The molecule has 4 aromatic carbocycles. The Morgan fingerprint density at radius 2 is 1.11 bits per heavy atom. The van der Waals surface area contributed by atoms with Crippen LogP contribution in [-0.2, 0) is 11.2 Å². The molecule has 1 aliphatic carbocycles. The zero-order chi connectivity index (χ0) is 23.9. The highest BCUT2D eigenvalue weighted by Crippen LogP contribution is 2.43. The highest BCUT2D eigenvalue weighted by atomic mass is 16.2. The lowest BCUT2D eigenvalue weighted by molar-refractivity contribution is -0.125. The average Bonchev–Trinajstić information content (AvgIpc) is 3.35. The van der Waals surface area contributed by atoms with Crippen LogP contribution in [0.2, 0.25) is 0 Å². The Morgan fingerprint density at radius 3 is 1.66 bits per heavy atom. The third-order valence-corrected chi connectivity index (χ3v) is 6.83. The predicted octanol–water partition coefficient (Wildman–Crippen LogP) is 4.78. The van der Waals surface area contributed by atoms with Crippen molar-refractivity contribution in [1.82, 2.24) is 10.2 Å². The van der Waals surface area contributed by atoms with E-state index in [1.165, 1.54) is 0 Å². The van der Waals surface area contributed by atoms with Gasteiger partial charge in [-0.1, -0.05) is 91.0 Å². The minimum absolute atomic E-state index is 0.230. The molecule has 170 valence electrons. The van der Waals surface area contributed by atoms with Crippen molar-refractivity contribution < 1.29 is 14.4 Å².